The Morgan fingerprint density at radius 2 is 1.80 bits per heavy atom. The summed E-state index contributed by atoms with van der Waals surface area (Å²) in [7, 11) is 0. The Morgan fingerprint density at radius 1 is 0.960 bits per heavy atom. The minimum absolute atomic E-state index is 0.550. The molecule has 0 spiro atoms. The van der Waals surface area contributed by atoms with Gasteiger partial charge in [0.15, 0.2) is 5.82 Å². The third kappa shape index (κ3) is 3.52. The van der Waals surface area contributed by atoms with E-state index in [2.05, 4.69) is 57.6 Å². The molecule has 0 aliphatic carbocycles. The van der Waals surface area contributed by atoms with Crippen molar-refractivity contribution in [3.8, 4) is 11.4 Å². The average molecular weight is 386 g/mol. The molecular formula is C19H13Cl2N3S. The molecule has 0 aliphatic rings. The summed E-state index contributed by atoms with van der Waals surface area (Å²) < 4.78 is 0. The van der Waals surface area contributed by atoms with Crippen LogP contribution in [0.5, 0.6) is 0 Å². The van der Waals surface area contributed by atoms with Gasteiger partial charge in [-0.1, -0.05) is 77.4 Å². The average Bonchev–Trinajstić information content (AvgIpc) is 3.08. The number of rotatable bonds is 4. The van der Waals surface area contributed by atoms with Crippen molar-refractivity contribution in [2.75, 3.05) is 0 Å². The molecule has 3 nitrogen and oxygen atoms in total. The van der Waals surface area contributed by atoms with E-state index in [1.54, 1.807) is 23.9 Å². The highest BCUT2D eigenvalue weighted by molar-refractivity contribution is 7.98. The summed E-state index contributed by atoms with van der Waals surface area (Å²) in [6, 6.07) is 20.0. The molecule has 0 unspecified atom stereocenters. The molecule has 1 heterocycles. The fourth-order valence-corrected chi connectivity index (χ4v) is 3.97. The van der Waals surface area contributed by atoms with Crippen LogP contribution in [0.15, 0.2) is 65.8 Å². The lowest BCUT2D eigenvalue weighted by atomic mass is 10.1. The summed E-state index contributed by atoms with van der Waals surface area (Å²) in [5, 5.41) is 11.6. The molecule has 3 aromatic carbocycles. The Labute approximate surface area is 159 Å². The van der Waals surface area contributed by atoms with E-state index in [4.69, 9.17) is 23.2 Å². The van der Waals surface area contributed by atoms with Gasteiger partial charge in [0.05, 0.1) is 5.02 Å². The zero-order valence-corrected chi connectivity index (χ0v) is 15.4. The summed E-state index contributed by atoms with van der Waals surface area (Å²) >= 11 is 13.8. The molecule has 6 heteroatoms. The van der Waals surface area contributed by atoms with Crippen LogP contribution < -0.4 is 0 Å². The number of halogens is 2. The Balaban J connectivity index is 1.55. The molecule has 0 radical (unpaired) electrons. The highest BCUT2D eigenvalue weighted by Crippen LogP contribution is 2.30. The predicted octanol–water partition coefficient (Wildman–Crippen LogP) is 6.22. The first-order chi connectivity index (χ1) is 12.2. The Bertz CT molecular complexity index is 1040. The maximum atomic E-state index is 6.23. The quantitative estimate of drug-likeness (QED) is 0.423. The number of fused-ring (bicyclic) bond motifs is 1. The molecule has 0 aliphatic heterocycles. The monoisotopic (exact) mass is 385 g/mol. The topological polar surface area (TPSA) is 41.6 Å². The van der Waals surface area contributed by atoms with E-state index >= 15 is 0 Å². The summed E-state index contributed by atoms with van der Waals surface area (Å²) in [4.78, 5) is 4.53. The maximum Gasteiger partial charge on any atom is 0.209 e. The molecule has 4 aromatic rings. The number of nitrogens with zero attached hydrogens (tertiary/aromatic N) is 2. The maximum absolute atomic E-state index is 6.23. The van der Waals surface area contributed by atoms with Gasteiger partial charge in [-0.05, 0) is 34.5 Å². The van der Waals surface area contributed by atoms with Crippen molar-refractivity contribution in [3.05, 3.63) is 76.3 Å². The van der Waals surface area contributed by atoms with Crippen LogP contribution in [0.1, 0.15) is 5.56 Å². The van der Waals surface area contributed by atoms with Gasteiger partial charge in [0.1, 0.15) is 0 Å². The summed E-state index contributed by atoms with van der Waals surface area (Å²) in [5.74, 6) is 1.44. The van der Waals surface area contributed by atoms with Crippen molar-refractivity contribution < 1.29 is 0 Å². The molecule has 0 bridgehead atoms. The second kappa shape index (κ2) is 7.08. The lowest BCUT2D eigenvalue weighted by Crippen LogP contribution is -1.85. The van der Waals surface area contributed by atoms with Crippen LogP contribution in [0.3, 0.4) is 0 Å². The SMILES string of the molecule is Clc1ccc(-c2nc(SCc3cccc4ccccc34)n[nH]2)c(Cl)c1. The van der Waals surface area contributed by atoms with Crippen LogP contribution in [-0.2, 0) is 5.75 Å². The molecule has 0 atom stereocenters. The third-order valence-corrected chi connectivity index (χ3v) is 5.33. The summed E-state index contributed by atoms with van der Waals surface area (Å²) in [5.41, 5.74) is 2.05. The van der Waals surface area contributed by atoms with Gasteiger partial charge in [-0.15, -0.1) is 5.10 Å². The van der Waals surface area contributed by atoms with Gasteiger partial charge in [0.25, 0.3) is 0 Å². The number of aromatic nitrogens is 3. The molecular weight excluding hydrogens is 373 g/mol. The Hall–Kier alpha value is -2.01. The highest BCUT2D eigenvalue weighted by Gasteiger charge is 2.11. The minimum atomic E-state index is 0.550. The summed E-state index contributed by atoms with van der Waals surface area (Å²) in [6.07, 6.45) is 0. The standard InChI is InChI=1S/C19H13Cl2N3S/c20-14-8-9-16(17(21)10-14)18-22-19(24-23-18)25-11-13-6-3-5-12-4-1-2-7-15(12)13/h1-10H,11H2,(H,22,23,24). The molecule has 0 saturated heterocycles. The lowest BCUT2D eigenvalue weighted by Gasteiger charge is -2.04. The molecule has 0 saturated carbocycles. The lowest BCUT2D eigenvalue weighted by molar-refractivity contribution is 0.973. The van der Waals surface area contributed by atoms with Crippen LogP contribution in [-0.4, -0.2) is 15.2 Å². The second-order valence-electron chi connectivity index (χ2n) is 5.52. The van der Waals surface area contributed by atoms with Gasteiger partial charge in [0, 0.05) is 16.3 Å². The summed E-state index contributed by atoms with van der Waals surface area (Å²) in [6.45, 7) is 0. The molecule has 1 N–H and O–H groups in total. The van der Waals surface area contributed by atoms with Crippen LogP contribution in [0.4, 0.5) is 0 Å². The molecule has 4 rings (SSSR count). The van der Waals surface area contributed by atoms with Crippen molar-refractivity contribution in [3.63, 3.8) is 0 Å². The number of thioether (sulfide) groups is 1. The smallest absolute Gasteiger partial charge is 0.209 e. The number of hydrogen-bond acceptors (Lipinski definition) is 3. The van der Waals surface area contributed by atoms with Crippen LogP contribution in [0.2, 0.25) is 10.0 Å². The fraction of sp³-hybridized carbons (Fsp3) is 0.0526. The Kier molecular flexibility index (Phi) is 4.66. The second-order valence-corrected chi connectivity index (χ2v) is 7.30. The number of hydrogen-bond donors (Lipinski definition) is 1. The number of H-pyrrole nitrogens is 1. The number of nitrogens with one attached hydrogen (secondary N) is 1. The van der Waals surface area contributed by atoms with Gasteiger partial charge in [-0.2, -0.15) is 0 Å². The predicted molar refractivity (Wildman–Crippen MR) is 105 cm³/mol. The number of benzene rings is 3. The highest BCUT2D eigenvalue weighted by atomic mass is 35.5. The molecule has 0 amide bonds. The van der Waals surface area contributed by atoms with E-state index in [9.17, 15) is 0 Å². The van der Waals surface area contributed by atoms with Crippen LogP contribution >= 0.6 is 35.0 Å². The molecule has 25 heavy (non-hydrogen) atoms. The molecule has 0 fully saturated rings. The van der Waals surface area contributed by atoms with E-state index in [1.807, 2.05) is 6.07 Å². The van der Waals surface area contributed by atoms with Crippen molar-refractivity contribution >= 4 is 45.7 Å². The number of aromatic amines is 1. The van der Waals surface area contributed by atoms with Gasteiger partial charge in [0.2, 0.25) is 5.16 Å². The van der Waals surface area contributed by atoms with Crippen molar-refractivity contribution in [1.29, 1.82) is 0 Å². The van der Waals surface area contributed by atoms with E-state index in [0.717, 1.165) is 11.3 Å². The first-order valence-electron chi connectivity index (χ1n) is 7.68. The van der Waals surface area contributed by atoms with Crippen molar-refractivity contribution in [1.82, 2.24) is 15.2 Å². The molecule has 124 valence electrons. The van der Waals surface area contributed by atoms with Gasteiger partial charge in [-0.25, -0.2) is 4.98 Å². The third-order valence-electron chi connectivity index (χ3n) is 3.89. The van der Waals surface area contributed by atoms with E-state index in [1.165, 1.54) is 16.3 Å². The van der Waals surface area contributed by atoms with E-state index < -0.39 is 0 Å². The largest absolute Gasteiger partial charge is 0.258 e. The zero-order chi connectivity index (χ0) is 17.2. The Morgan fingerprint density at radius 3 is 2.68 bits per heavy atom. The zero-order valence-electron chi connectivity index (χ0n) is 13.0. The van der Waals surface area contributed by atoms with E-state index in [-0.39, 0.29) is 0 Å². The van der Waals surface area contributed by atoms with Crippen LogP contribution in [0.25, 0.3) is 22.2 Å². The minimum Gasteiger partial charge on any atom is -0.258 e. The van der Waals surface area contributed by atoms with Gasteiger partial charge >= 0.3 is 0 Å². The fourth-order valence-electron chi connectivity index (χ4n) is 2.67. The van der Waals surface area contributed by atoms with Gasteiger partial charge < -0.3 is 0 Å². The molecule has 1 aromatic heterocycles. The van der Waals surface area contributed by atoms with E-state index in [0.29, 0.717) is 21.0 Å². The van der Waals surface area contributed by atoms with Crippen molar-refractivity contribution in [2.24, 2.45) is 0 Å². The van der Waals surface area contributed by atoms with Crippen LogP contribution in [0, 0.1) is 0 Å². The van der Waals surface area contributed by atoms with Crippen molar-refractivity contribution in [2.45, 2.75) is 10.9 Å². The normalized spacial score (nSPS) is 11.1. The first kappa shape index (κ1) is 16.5. The van der Waals surface area contributed by atoms with Gasteiger partial charge in [-0.3, -0.25) is 5.10 Å². The first-order valence-corrected chi connectivity index (χ1v) is 9.42.